The van der Waals surface area contributed by atoms with Crippen molar-refractivity contribution in [3.8, 4) is 0 Å². The minimum atomic E-state index is -1.31. The SMILES string of the molecule is Cc1ccc(SC(C[O])N(C(CC(C)C)C(=O)O)N(N[C@@H](CC(C)C)C(=O)O)[C@H](CC(C)C)C(=O)O)cc1. The van der Waals surface area contributed by atoms with Gasteiger partial charge in [-0.1, -0.05) is 59.2 Å². The van der Waals surface area contributed by atoms with Crippen molar-refractivity contribution in [3.05, 3.63) is 29.8 Å². The molecule has 1 aromatic rings. The molecular formula is C27H44N3O7S. The molecule has 1 radical (unpaired) electrons. The molecule has 0 aliphatic rings. The van der Waals surface area contributed by atoms with Crippen LogP contribution >= 0.6 is 11.8 Å². The smallest absolute Gasteiger partial charge is 0.323 e. The van der Waals surface area contributed by atoms with Crippen molar-refractivity contribution >= 4 is 29.7 Å². The van der Waals surface area contributed by atoms with Gasteiger partial charge in [-0.25, -0.2) is 10.5 Å². The summed E-state index contributed by atoms with van der Waals surface area (Å²) in [5.74, 6) is -3.93. The molecule has 4 atom stereocenters. The topological polar surface area (TPSA) is 150 Å². The maximum Gasteiger partial charge on any atom is 0.323 e. The van der Waals surface area contributed by atoms with Crippen LogP contribution in [0, 0.1) is 24.7 Å². The number of carboxylic acids is 3. The molecule has 0 saturated carbocycles. The average Bonchev–Trinajstić information content (AvgIpc) is 2.80. The zero-order valence-corrected chi connectivity index (χ0v) is 24.3. The number of nitrogens with one attached hydrogen (secondary N) is 1. The predicted octanol–water partition coefficient (Wildman–Crippen LogP) is 4.37. The first kappa shape index (κ1) is 33.8. The Bertz CT molecular complexity index is 895. The van der Waals surface area contributed by atoms with Crippen molar-refractivity contribution in [2.24, 2.45) is 17.8 Å². The van der Waals surface area contributed by atoms with Gasteiger partial charge in [-0.15, -0.1) is 11.8 Å². The Hall–Kier alpha value is -2.18. The van der Waals surface area contributed by atoms with Gasteiger partial charge in [0.25, 0.3) is 0 Å². The molecule has 11 heteroatoms. The summed E-state index contributed by atoms with van der Waals surface area (Å²) in [6.45, 7) is 12.2. The minimum Gasteiger partial charge on any atom is -0.480 e. The molecule has 0 amide bonds. The molecule has 10 nitrogen and oxygen atoms in total. The van der Waals surface area contributed by atoms with Crippen molar-refractivity contribution < 1.29 is 34.8 Å². The highest BCUT2D eigenvalue weighted by Crippen LogP contribution is 2.32. The third-order valence-electron chi connectivity index (χ3n) is 5.85. The van der Waals surface area contributed by atoms with Gasteiger partial charge in [-0.05, 0) is 56.1 Å². The Morgan fingerprint density at radius 2 is 1.26 bits per heavy atom. The number of carbonyl (C=O) groups is 3. The fourth-order valence-electron chi connectivity index (χ4n) is 4.11. The highest BCUT2D eigenvalue weighted by Gasteiger charge is 2.43. The van der Waals surface area contributed by atoms with Crippen molar-refractivity contribution in [2.45, 2.75) is 96.1 Å². The first-order chi connectivity index (χ1) is 17.7. The number of hydrogen-bond acceptors (Lipinski definition) is 7. The maximum atomic E-state index is 12.7. The van der Waals surface area contributed by atoms with Crippen LogP contribution in [0.4, 0.5) is 0 Å². The van der Waals surface area contributed by atoms with Crippen LogP contribution in [0.3, 0.4) is 0 Å². The Morgan fingerprint density at radius 3 is 1.66 bits per heavy atom. The number of rotatable bonds is 18. The van der Waals surface area contributed by atoms with Crippen LogP contribution in [0.5, 0.6) is 0 Å². The second kappa shape index (κ2) is 16.0. The monoisotopic (exact) mass is 554 g/mol. The van der Waals surface area contributed by atoms with E-state index < -0.39 is 48.0 Å². The van der Waals surface area contributed by atoms with Crippen molar-refractivity contribution in [1.29, 1.82) is 0 Å². The molecule has 0 heterocycles. The molecule has 0 spiro atoms. The number of benzene rings is 1. The standard InChI is InChI=1S/C27H44N3O7S/c1-16(2)12-21(25(32)33)28-30(23(27(36)37)14-18(5)6)29(22(26(34)35)13-17(3)4)24(15-31)38-20-10-8-19(7)9-11-20/h8-11,16-18,21-24,28H,12-15H2,1-7H3,(H,32,33)(H,34,35)(H,36,37)/t21-,22?,23+,24?/m0/s1. The second-order valence-corrected chi connectivity index (χ2v) is 12.1. The molecule has 2 unspecified atom stereocenters. The van der Waals surface area contributed by atoms with Gasteiger partial charge in [0.05, 0.1) is 0 Å². The normalized spacial score (nSPS) is 15.3. The van der Waals surface area contributed by atoms with Crippen LogP contribution in [0.2, 0.25) is 0 Å². The van der Waals surface area contributed by atoms with E-state index in [2.05, 4.69) is 5.43 Å². The van der Waals surface area contributed by atoms with Gasteiger partial charge in [-0.2, -0.15) is 10.1 Å². The van der Waals surface area contributed by atoms with E-state index in [1.807, 2.05) is 72.7 Å². The van der Waals surface area contributed by atoms with Gasteiger partial charge < -0.3 is 15.3 Å². The second-order valence-electron chi connectivity index (χ2n) is 10.9. The van der Waals surface area contributed by atoms with Crippen molar-refractivity contribution in [2.75, 3.05) is 6.61 Å². The number of hydrogen-bond donors (Lipinski definition) is 4. The molecule has 0 fully saturated rings. The van der Waals surface area contributed by atoms with E-state index in [-0.39, 0.29) is 37.0 Å². The van der Waals surface area contributed by atoms with E-state index in [4.69, 9.17) is 0 Å². The lowest BCUT2D eigenvalue weighted by Crippen LogP contribution is -2.68. The summed E-state index contributed by atoms with van der Waals surface area (Å²) in [4.78, 5) is 38.2. The predicted molar refractivity (Wildman–Crippen MR) is 146 cm³/mol. The van der Waals surface area contributed by atoms with Crippen molar-refractivity contribution in [3.63, 3.8) is 0 Å². The fraction of sp³-hybridized carbons (Fsp3) is 0.667. The summed E-state index contributed by atoms with van der Waals surface area (Å²) >= 11 is 1.13. The van der Waals surface area contributed by atoms with E-state index >= 15 is 0 Å². The molecule has 0 aliphatic carbocycles. The molecular weight excluding hydrogens is 510 g/mol. The highest BCUT2D eigenvalue weighted by atomic mass is 32.2. The molecule has 0 aromatic heterocycles. The number of thioether (sulfide) groups is 1. The third-order valence-corrected chi connectivity index (χ3v) is 7.02. The lowest BCUT2D eigenvalue weighted by molar-refractivity contribution is -0.195. The first-order valence-electron chi connectivity index (χ1n) is 13.0. The van der Waals surface area contributed by atoms with E-state index in [0.717, 1.165) is 22.4 Å². The first-order valence-corrected chi connectivity index (χ1v) is 13.9. The Kier molecular flexibility index (Phi) is 14.3. The van der Waals surface area contributed by atoms with Crippen LogP contribution in [0.25, 0.3) is 0 Å². The summed E-state index contributed by atoms with van der Waals surface area (Å²) in [6.07, 6.45) is 0.388. The molecule has 1 aromatic carbocycles. The summed E-state index contributed by atoms with van der Waals surface area (Å²) in [6, 6.07) is 3.59. The van der Waals surface area contributed by atoms with Gasteiger partial charge in [0.15, 0.2) is 0 Å². The summed E-state index contributed by atoms with van der Waals surface area (Å²) < 4.78 is 0. The van der Waals surface area contributed by atoms with Crippen LogP contribution < -0.4 is 5.43 Å². The zero-order chi connectivity index (χ0) is 29.2. The maximum absolute atomic E-state index is 12.7. The van der Waals surface area contributed by atoms with Crippen LogP contribution in [-0.4, -0.2) is 73.5 Å². The third kappa shape index (κ3) is 10.9. The number of aryl methyl sites for hydroxylation is 1. The Morgan fingerprint density at radius 1 is 0.789 bits per heavy atom. The van der Waals surface area contributed by atoms with Gasteiger partial charge in [0, 0.05) is 4.90 Å². The Balaban J connectivity index is 3.81. The molecule has 0 bridgehead atoms. The van der Waals surface area contributed by atoms with E-state index in [1.54, 1.807) is 0 Å². The Labute approximate surface area is 230 Å². The van der Waals surface area contributed by atoms with Gasteiger partial charge in [0.2, 0.25) is 0 Å². The zero-order valence-electron chi connectivity index (χ0n) is 23.5. The molecule has 0 aliphatic heterocycles. The summed E-state index contributed by atoms with van der Waals surface area (Å²) in [5, 5.41) is 44.6. The number of aliphatic carboxylic acids is 3. The van der Waals surface area contributed by atoms with Crippen LogP contribution in [-0.2, 0) is 19.5 Å². The van der Waals surface area contributed by atoms with Crippen molar-refractivity contribution in [1.82, 2.24) is 15.6 Å². The highest BCUT2D eigenvalue weighted by molar-refractivity contribution is 7.99. The van der Waals surface area contributed by atoms with E-state index in [9.17, 15) is 34.8 Å². The summed E-state index contributed by atoms with van der Waals surface area (Å²) in [5.41, 5.74) is 3.86. The van der Waals surface area contributed by atoms with Crippen LogP contribution in [0.1, 0.15) is 66.4 Å². The van der Waals surface area contributed by atoms with E-state index in [0.29, 0.717) is 4.90 Å². The molecule has 0 saturated heterocycles. The largest absolute Gasteiger partial charge is 0.480 e. The fourth-order valence-corrected chi connectivity index (χ4v) is 5.14. The molecule has 38 heavy (non-hydrogen) atoms. The molecule has 215 valence electrons. The average molecular weight is 555 g/mol. The minimum absolute atomic E-state index is 0.0459. The summed E-state index contributed by atoms with van der Waals surface area (Å²) in [7, 11) is 0. The molecule has 1 rings (SSSR count). The number of nitrogens with zero attached hydrogens (tertiary/aromatic N) is 2. The van der Waals surface area contributed by atoms with E-state index in [1.165, 1.54) is 5.01 Å². The quantitative estimate of drug-likeness (QED) is 0.117. The lowest BCUT2D eigenvalue weighted by Gasteiger charge is -2.46. The van der Waals surface area contributed by atoms with Gasteiger partial charge in [0.1, 0.15) is 30.1 Å². The van der Waals surface area contributed by atoms with Gasteiger partial charge in [-0.3, -0.25) is 14.4 Å². The number of hydrazine groups is 2. The lowest BCUT2D eigenvalue weighted by atomic mass is 10.0. The van der Waals surface area contributed by atoms with Crippen LogP contribution in [0.15, 0.2) is 29.2 Å². The molecule has 4 N–H and O–H groups in total. The number of carboxylic acid groups (broad SMARTS) is 3. The van der Waals surface area contributed by atoms with Gasteiger partial charge >= 0.3 is 17.9 Å².